The lowest BCUT2D eigenvalue weighted by molar-refractivity contribution is 0.251. The zero-order chi connectivity index (χ0) is 20.6. The van der Waals surface area contributed by atoms with Crippen molar-refractivity contribution in [3.63, 3.8) is 0 Å². The SMILES string of the molecule is O=C(NCc1cccc(OCc2ccccn2)c1)Nc1cccc(-n2cccc2)c1. The predicted octanol–water partition coefficient (Wildman–Crippen LogP) is 4.77. The standard InChI is InChI=1S/C24H22N4O2/c29-24(27-20-9-6-10-22(16-20)28-13-3-4-14-28)26-17-19-7-5-11-23(15-19)30-18-21-8-1-2-12-25-21/h1-16H,17-18H2,(H2,26,27,29). The van der Waals surface area contributed by atoms with Crippen molar-refractivity contribution < 1.29 is 9.53 Å². The molecule has 30 heavy (non-hydrogen) atoms. The van der Waals surface area contributed by atoms with Crippen molar-refractivity contribution in [1.82, 2.24) is 14.9 Å². The van der Waals surface area contributed by atoms with Crippen LogP contribution in [0, 0.1) is 0 Å². The Kier molecular flexibility index (Phi) is 6.05. The summed E-state index contributed by atoms with van der Waals surface area (Å²) in [5.41, 5.74) is 3.52. The number of rotatable bonds is 7. The molecule has 0 saturated heterocycles. The summed E-state index contributed by atoms with van der Waals surface area (Å²) in [6.07, 6.45) is 5.66. The van der Waals surface area contributed by atoms with Gasteiger partial charge in [-0.1, -0.05) is 24.3 Å². The van der Waals surface area contributed by atoms with Gasteiger partial charge in [0.2, 0.25) is 0 Å². The molecule has 2 heterocycles. The first-order chi connectivity index (χ1) is 14.8. The molecule has 4 rings (SSSR count). The van der Waals surface area contributed by atoms with Crippen LogP contribution in [-0.4, -0.2) is 15.6 Å². The van der Waals surface area contributed by atoms with Crippen LogP contribution in [0.5, 0.6) is 5.75 Å². The molecule has 0 aliphatic rings. The highest BCUT2D eigenvalue weighted by atomic mass is 16.5. The molecule has 4 aromatic rings. The molecule has 0 radical (unpaired) electrons. The van der Waals surface area contributed by atoms with Crippen LogP contribution in [0.25, 0.3) is 5.69 Å². The maximum atomic E-state index is 12.3. The van der Waals surface area contributed by atoms with Gasteiger partial charge >= 0.3 is 6.03 Å². The number of hydrogen-bond donors (Lipinski definition) is 2. The Bertz CT molecular complexity index is 1100. The Morgan fingerprint density at radius 3 is 2.63 bits per heavy atom. The van der Waals surface area contributed by atoms with Gasteiger partial charge in [0, 0.05) is 36.5 Å². The van der Waals surface area contributed by atoms with E-state index in [0.29, 0.717) is 13.2 Å². The fourth-order valence-electron chi connectivity index (χ4n) is 2.99. The third kappa shape index (κ3) is 5.26. The fourth-order valence-corrected chi connectivity index (χ4v) is 2.99. The molecule has 6 nitrogen and oxygen atoms in total. The van der Waals surface area contributed by atoms with Gasteiger partial charge in [-0.2, -0.15) is 0 Å². The van der Waals surface area contributed by atoms with Crippen molar-refractivity contribution >= 4 is 11.7 Å². The highest BCUT2D eigenvalue weighted by molar-refractivity contribution is 5.89. The van der Waals surface area contributed by atoms with Gasteiger partial charge in [0.05, 0.1) is 5.69 Å². The van der Waals surface area contributed by atoms with Gasteiger partial charge in [-0.15, -0.1) is 0 Å². The minimum absolute atomic E-state index is 0.264. The lowest BCUT2D eigenvalue weighted by atomic mass is 10.2. The number of nitrogens with zero attached hydrogens (tertiary/aromatic N) is 2. The molecule has 0 unspecified atom stereocenters. The Morgan fingerprint density at radius 2 is 1.80 bits per heavy atom. The average Bonchev–Trinajstić information content (AvgIpc) is 3.33. The van der Waals surface area contributed by atoms with Crippen LogP contribution in [0.1, 0.15) is 11.3 Å². The predicted molar refractivity (Wildman–Crippen MR) is 117 cm³/mol. The molecule has 2 amide bonds. The Balaban J connectivity index is 1.30. The van der Waals surface area contributed by atoms with E-state index in [0.717, 1.165) is 28.4 Å². The molecule has 2 aromatic carbocycles. The van der Waals surface area contributed by atoms with Crippen LogP contribution >= 0.6 is 0 Å². The number of aromatic nitrogens is 2. The van der Waals surface area contributed by atoms with Crippen LogP contribution in [0.15, 0.2) is 97.5 Å². The van der Waals surface area contributed by atoms with E-state index in [4.69, 9.17) is 4.74 Å². The van der Waals surface area contributed by atoms with Crippen molar-refractivity contribution in [3.05, 3.63) is 109 Å². The third-order valence-electron chi connectivity index (χ3n) is 4.47. The van der Waals surface area contributed by atoms with E-state index in [2.05, 4.69) is 15.6 Å². The summed E-state index contributed by atoms with van der Waals surface area (Å²) in [5, 5.41) is 5.75. The molecular weight excluding hydrogens is 376 g/mol. The molecule has 6 heteroatoms. The molecule has 150 valence electrons. The van der Waals surface area contributed by atoms with E-state index in [1.165, 1.54) is 0 Å². The van der Waals surface area contributed by atoms with Crippen molar-refractivity contribution in [2.75, 3.05) is 5.32 Å². The lowest BCUT2D eigenvalue weighted by Gasteiger charge is -2.11. The summed E-state index contributed by atoms with van der Waals surface area (Å²) in [6.45, 7) is 0.792. The van der Waals surface area contributed by atoms with Crippen LogP contribution in [0.3, 0.4) is 0 Å². The summed E-state index contributed by atoms with van der Waals surface area (Å²) in [6, 6.07) is 24.7. The summed E-state index contributed by atoms with van der Waals surface area (Å²) < 4.78 is 7.78. The van der Waals surface area contributed by atoms with Crippen molar-refractivity contribution in [3.8, 4) is 11.4 Å². The smallest absolute Gasteiger partial charge is 0.319 e. The van der Waals surface area contributed by atoms with E-state index < -0.39 is 0 Å². The second kappa shape index (κ2) is 9.43. The topological polar surface area (TPSA) is 68.2 Å². The number of urea groups is 1. The lowest BCUT2D eigenvalue weighted by Crippen LogP contribution is -2.28. The molecule has 0 spiro atoms. The van der Waals surface area contributed by atoms with E-state index in [9.17, 15) is 4.79 Å². The van der Waals surface area contributed by atoms with Crippen LogP contribution in [0.2, 0.25) is 0 Å². The summed E-state index contributed by atoms with van der Waals surface area (Å²) in [5.74, 6) is 0.736. The van der Waals surface area contributed by atoms with E-state index >= 15 is 0 Å². The molecular formula is C24H22N4O2. The van der Waals surface area contributed by atoms with Gasteiger partial charge < -0.3 is 19.9 Å². The van der Waals surface area contributed by atoms with Crippen molar-refractivity contribution in [1.29, 1.82) is 0 Å². The monoisotopic (exact) mass is 398 g/mol. The van der Waals surface area contributed by atoms with E-state index in [1.807, 2.05) is 95.8 Å². The van der Waals surface area contributed by atoms with Crippen LogP contribution < -0.4 is 15.4 Å². The number of benzene rings is 2. The molecule has 0 atom stereocenters. The number of anilines is 1. The molecule has 0 fully saturated rings. The highest BCUT2D eigenvalue weighted by Gasteiger charge is 2.05. The summed E-state index contributed by atoms with van der Waals surface area (Å²) >= 11 is 0. The Labute approximate surface area is 175 Å². The minimum atomic E-state index is -0.264. The van der Waals surface area contributed by atoms with Gasteiger partial charge in [-0.25, -0.2) is 4.79 Å². The van der Waals surface area contributed by atoms with Crippen LogP contribution in [0.4, 0.5) is 10.5 Å². The number of carbonyl (C=O) groups is 1. The maximum absolute atomic E-state index is 12.3. The number of ether oxygens (including phenoxy) is 1. The van der Waals surface area contributed by atoms with E-state index in [1.54, 1.807) is 6.20 Å². The Hall–Kier alpha value is -4.06. The van der Waals surface area contributed by atoms with Crippen molar-refractivity contribution in [2.45, 2.75) is 13.2 Å². The van der Waals surface area contributed by atoms with Gasteiger partial charge in [-0.05, 0) is 60.2 Å². The average molecular weight is 398 g/mol. The molecule has 0 saturated carbocycles. The maximum Gasteiger partial charge on any atom is 0.319 e. The van der Waals surface area contributed by atoms with Gasteiger partial charge in [-0.3, -0.25) is 4.98 Å². The largest absolute Gasteiger partial charge is 0.487 e. The molecule has 2 N–H and O–H groups in total. The second-order valence-electron chi connectivity index (χ2n) is 6.71. The Morgan fingerprint density at radius 1 is 0.933 bits per heavy atom. The van der Waals surface area contributed by atoms with E-state index in [-0.39, 0.29) is 6.03 Å². The number of hydrogen-bond acceptors (Lipinski definition) is 3. The first kappa shape index (κ1) is 19.3. The minimum Gasteiger partial charge on any atom is -0.487 e. The van der Waals surface area contributed by atoms with Crippen LogP contribution in [-0.2, 0) is 13.2 Å². The van der Waals surface area contributed by atoms with Gasteiger partial charge in [0.1, 0.15) is 12.4 Å². The quantitative estimate of drug-likeness (QED) is 0.471. The number of nitrogens with one attached hydrogen (secondary N) is 2. The molecule has 0 aliphatic heterocycles. The zero-order valence-electron chi connectivity index (χ0n) is 16.4. The normalized spacial score (nSPS) is 10.4. The summed E-state index contributed by atoms with van der Waals surface area (Å²) in [7, 11) is 0. The first-order valence-electron chi connectivity index (χ1n) is 9.66. The zero-order valence-corrected chi connectivity index (χ0v) is 16.4. The molecule has 0 bridgehead atoms. The van der Waals surface area contributed by atoms with Gasteiger partial charge in [0.15, 0.2) is 0 Å². The van der Waals surface area contributed by atoms with Gasteiger partial charge in [0.25, 0.3) is 0 Å². The number of pyridine rings is 1. The number of carbonyl (C=O) groups excluding carboxylic acids is 1. The fraction of sp³-hybridized carbons (Fsp3) is 0.0833. The van der Waals surface area contributed by atoms with Crippen molar-refractivity contribution in [2.24, 2.45) is 0 Å². The summed E-state index contributed by atoms with van der Waals surface area (Å²) in [4.78, 5) is 16.6. The molecule has 2 aromatic heterocycles. The highest BCUT2D eigenvalue weighted by Crippen LogP contribution is 2.16. The third-order valence-corrected chi connectivity index (χ3v) is 4.47. The second-order valence-corrected chi connectivity index (χ2v) is 6.71. The number of amides is 2. The molecule has 0 aliphatic carbocycles. The first-order valence-corrected chi connectivity index (χ1v) is 9.66.